The van der Waals surface area contributed by atoms with E-state index in [1.807, 2.05) is 32.0 Å². The van der Waals surface area contributed by atoms with Gasteiger partial charge in [0, 0.05) is 31.9 Å². The number of likely N-dealkylation sites (N-methyl/N-ethyl adjacent to an activating group) is 1. The Morgan fingerprint density at radius 3 is 2.75 bits per heavy atom. The molecular formula is C25H29N7O4. The Balaban J connectivity index is 1.54. The lowest BCUT2D eigenvalue weighted by Crippen LogP contribution is -2.52. The minimum atomic E-state index is -1.01. The fourth-order valence-electron chi connectivity index (χ4n) is 5.01. The number of hydrogen-bond donors (Lipinski definition) is 3. The molecule has 2 aliphatic heterocycles. The van der Waals surface area contributed by atoms with Crippen LogP contribution in [0.4, 0.5) is 11.4 Å². The number of carbonyl (C=O) groups is 4. The number of nitriles is 1. The van der Waals surface area contributed by atoms with Gasteiger partial charge in [0.25, 0.3) is 0 Å². The second-order valence-electron chi connectivity index (χ2n) is 9.76. The summed E-state index contributed by atoms with van der Waals surface area (Å²) in [6, 6.07) is 7.77. The standard InChI is InChI=1S/C25H29N7O4/c1-15(2)8-20(31(3)22(34)9-21(33)29-16-12-27-28-13-16)23(35)32-14-25(10-17(32)11-26)18-6-4-5-7-19(18)30-24(25)36/h4-7,12-13,15,17,20H,8-10,14H2,1-3H3,(H,27,28)(H,29,33)(H,30,36)/t17-,20-,25-/m0/s1. The number of benzene rings is 1. The summed E-state index contributed by atoms with van der Waals surface area (Å²) in [4.78, 5) is 54.9. The first-order valence-electron chi connectivity index (χ1n) is 11.8. The van der Waals surface area contributed by atoms with E-state index in [2.05, 4.69) is 26.9 Å². The molecule has 2 aromatic rings. The zero-order valence-electron chi connectivity index (χ0n) is 20.4. The average Bonchev–Trinajstić information content (AvgIpc) is 3.55. The van der Waals surface area contributed by atoms with E-state index in [1.165, 1.54) is 29.2 Å². The van der Waals surface area contributed by atoms with Crippen molar-refractivity contribution in [3.63, 3.8) is 0 Å². The molecule has 1 spiro atoms. The van der Waals surface area contributed by atoms with Crippen LogP contribution in [0, 0.1) is 17.2 Å². The van der Waals surface area contributed by atoms with E-state index in [0.29, 0.717) is 17.8 Å². The summed E-state index contributed by atoms with van der Waals surface area (Å²) in [7, 11) is 1.49. The van der Waals surface area contributed by atoms with Crippen LogP contribution in [-0.2, 0) is 24.6 Å². The molecule has 0 radical (unpaired) electrons. The van der Waals surface area contributed by atoms with Crippen LogP contribution in [0.25, 0.3) is 0 Å². The monoisotopic (exact) mass is 491 g/mol. The van der Waals surface area contributed by atoms with Crippen LogP contribution in [0.2, 0.25) is 0 Å². The highest BCUT2D eigenvalue weighted by molar-refractivity contribution is 6.08. The van der Waals surface area contributed by atoms with Crippen molar-refractivity contribution in [3.05, 3.63) is 42.2 Å². The molecule has 0 saturated carbocycles. The Kier molecular flexibility index (Phi) is 6.79. The number of nitrogens with one attached hydrogen (secondary N) is 3. The van der Waals surface area contributed by atoms with E-state index in [4.69, 9.17) is 0 Å². The Hall–Kier alpha value is -4.20. The zero-order chi connectivity index (χ0) is 26.0. The van der Waals surface area contributed by atoms with Gasteiger partial charge in [-0.05, 0) is 24.0 Å². The van der Waals surface area contributed by atoms with Crippen molar-refractivity contribution in [2.75, 3.05) is 24.2 Å². The van der Waals surface area contributed by atoms with Crippen molar-refractivity contribution in [1.29, 1.82) is 5.26 Å². The molecule has 188 valence electrons. The first-order valence-corrected chi connectivity index (χ1v) is 11.8. The van der Waals surface area contributed by atoms with Gasteiger partial charge in [-0.3, -0.25) is 24.3 Å². The number of anilines is 2. The van der Waals surface area contributed by atoms with Crippen molar-refractivity contribution in [3.8, 4) is 6.07 Å². The summed E-state index contributed by atoms with van der Waals surface area (Å²) in [6.45, 7) is 3.90. The van der Waals surface area contributed by atoms with Gasteiger partial charge in [-0.1, -0.05) is 32.0 Å². The largest absolute Gasteiger partial charge is 0.333 e. The van der Waals surface area contributed by atoms with Crippen molar-refractivity contribution >= 4 is 35.0 Å². The van der Waals surface area contributed by atoms with Crippen LogP contribution in [0.3, 0.4) is 0 Å². The third-order valence-corrected chi connectivity index (χ3v) is 6.85. The lowest BCUT2D eigenvalue weighted by Gasteiger charge is -2.33. The van der Waals surface area contributed by atoms with Gasteiger partial charge in [-0.15, -0.1) is 0 Å². The number of fused-ring (bicyclic) bond motifs is 2. The van der Waals surface area contributed by atoms with E-state index in [9.17, 15) is 24.4 Å². The number of amides is 4. The van der Waals surface area contributed by atoms with Crippen LogP contribution in [0.5, 0.6) is 0 Å². The summed E-state index contributed by atoms with van der Waals surface area (Å²) in [5, 5.41) is 21.7. The average molecular weight is 492 g/mol. The molecule has 3 heterocycles. The van der Waals surface area contributed by atoms with Gasteiger partial charge in [0.2, 0.25) is 23.6 Å². The van der Waals surface area contributed by atoms with Crippen LogP contribution in [-0.4, -0.2) is 69.3 Å². The molecule has 3 N–H and O–H groups in total. The molecule has 3 atom stereocenters. The summed E-state index contributed by atoms with van der Waals surface area (Å²) < 4.78 is 0. The number of hydrogen-bond acceptors (Lipinski definition) is 6. The molecule has 0 unspecified atom stereocenters. The molecule has 1 fully saturated rings. The fraction of sp³-hybridized carbons (Fsp3) is 0.440. The van der Waals surface area contributed by atoms with Crippen molar-refractivity contribution in [2.45, 2.75) is 50.6 Å². The Labute approximate surface area is 208 Å². The van der Waals surface area contributed by atoms with Gasteiger partial charge in [-0.2, -0.15) is 10.4 Å². The third kappa shape index (κ3) is 4.54. The fourth-order valence-corrected chi connectivity index (χ4v) is 5.01. The second kappa shape index (κ2) is 9.81. The van der Waals surface area contributed by atoms with Crippen molar-refractivity contribution in [2.24, 2.45) is 5.92 Å². The molecule has 11 nitrogen and oxygen atoms in total. The third-order valence-electron chi connectivity index (χ3n) is 6.85. The molecule has 4 amide bonds. The summed E-state index contributed by atoms with van der Waals surface area (Å²) in [5.41, 5.74) is 0.872. The van der Waals surface area contributed by atoms with Gasteiger partial charge >= 0.3 is 0 Å². The minimum Gasteiger partial charge on any atom is -0.333 e. The molecule has 0 aliphatic carbocycles. The van der Waals surface area contributed by atoms with Gasteiger partial charge < -0.3 is 20.4 Å². The first kappa shape index (κ1) is 24.9. The SMILES string of the molecule is CC(C)C[C@@H](C(=O)N1C[C@]2(C[C@H]1C#N)C(=O)Nc1ccccc12)N(C)C(=O)CC(=O)Nc1cn[nH]c1. The van der Waals surface area contributed by atoms with E-state index in [-0.39, 0.29) is 24.8 Å². The predicted octanol–water partition coefficient (Wildman–Crippen LogP) is 1.63. The van der Waals surface area contributed by atoms with Gasteiger partial charge in [-0.25, -0.2) is 0 Å². The van der Waals surface area contributed by atoms with Gasteiger partial charge in [0.1, 0.15) is 18.5 Å². The maximum atomic E-state index is 13.8. The van der Waals surface area contributed by atoms with Gasteiger partial charge in [0.05, 0.1) is 23.4 Å². The normalized spacial score (nSPS) is 21.1. The molecule has 36 heavy (non-hydrogen) atoms. The predicted molar refractivity (Wildman–Crippen MR) is 130 cm³/mol. The molecule has 11 heteroatoms. The van der Waals surface area contributed by atoms with Crippen molar-refractivity contribution < 1.29 is 19.2 Å². The van der Waals surface area contributed by atoms with E-state index in [0.717, 1.165) is 5.56 Å². The van der Waals surface area contributed by atoms with Gasteiger partial charge in [0.15, 0.2) is 0 Å². The molecule has 1 saturated heterocycles. The van der Waals surface area contributed by atoms with Crippen LogP contribution >= 0.6 is 0 Å². The highest BCUT2D eigenvalue weighted by atomic mass is 16.2. The topological polar surface area (TPSA) is 151 Å². The van der Waals surface area contributed by atoms with Crippen LogP contribution in [0.15, 0.2) is 36.7 Å². The van der Waals surface area contributed by atoms with E-state index < -0.39 is 41.6 Å². The minimum absolute atomic E-state index is 0.0461. The smallest absolute Gasteiger partial charge is 0.246 e. The van der Waals surface area contributed by atoms with Crippen LogP contribution < -0.4 is 10.6 Å². The molecular weight excluding hydrogens is 462 g/mol. The second-order valence-corrected chi connectivity index (χ2v) is 9.76. The molecule has 1 aromatic heterocycles. The summed E-state index contributed by atoms with van der Waals surface area (Å²) in [5.74, 6) is -1.64. The molecule has 0 bridgehead atoms. The maximum absolute atomic E-state index is 13.8. The zero-order valence-corrected chi connectivity index (χ0v) is 20.4. The Bertz CT molecular complexity index is 1220. The number of para-hydroxylation sites is 1. The Morgan fingerprint density at radius 1 is 1.33 bits per heavy atom. The number of aromatic amines is 1. The molecule has 1 aromatic carbocycles. The van der Waals surface area contributed by atoms with Crippen molar-refractivity contribution in [1.82, 2.24) is 20.0 Å². The lowest BCUT2D eigenvalue weighted by atomic mass is 9.80. The Morgan fingerprint density at radius 2 is 2.08 bits per heavy atom. The lowest BCUT2D eigenvalue weighted by molar-refractivity contribution is -0.146. The number of likely N-dealkylation sites (tertiary alicyclic amines) is 1. The number of aromatic nitrogens is 2. The highest BCUT2D eigenvalue weighted by Gasteiger charge is 2.56. The van der Waals surface area contributed by atoms with E-state index >= 15 is 0 Å². The number of rotatable bonds is 7. The summed E-state index contributed by atoms with van der Waals surface area (Å²) >= 11 is 0. The number of nitrogens with zero attached hydrogens (tertiary/aromatic N) is 4. The van der Waals surface area contributed by atoms with E-state index in [1.54, 1.807) is 6.07 Å². The summed E-state index contributed by atoms with van der Waals surface area (Å²) in [6.07, 6.45) is 2.97. The number of carbonyl (C=O) groups excluding carboxylic acids is 4. The van der Waals surface area contributed by atoms with Crippen LogP contribution in [0.1, 0.15) is 38.7 Å². The first-order chi connectivity index (χ1) is 17.2. The maximum Gasteiger partial charge on any atom is 0.246 e. The molecule has 4 rings (SSSR count). The molecule has 2 aliphatic rings. The quantitative estimate of drug-likeness (QED) is 0.501. The highest BCUT2D eigenvalue weighted by Crippen LogP contribution is 2.46. The number of H-pyrrole nitrogens is 1.